The topological polar surface area (TPSA) is 46.6 Å². The monoisotopic (exact) mass is 315 g/mol. The minimum Gasteiger partial charge on any atom is -0.488 e. The Morgan fingerprint density at radius 2 is 1.90 bits per heavy atom. The van der Waals surface area contributed by atoms with E-state index in [2.05, 4.69) is 6.92 Å². The van der Waals surface area contributed by atoms with E-state index in [1.54, 1.807) is 13.8 Å². The fourth-order valence-electron chi connectivity index (χ4n) is 2.37. The normalized spacial score (nSPS) is 18.1. The molecule has 1 saturated heterocycles. The van der Waals surface area contributed by atoms with Crippen LogP contribution in [0.4, 0.5) is 4.39 Å². The van der Waals surface area contributed by atoms with Gasteiger partial charge < -0.3 is 4.74 Å². The highest BCUT2D eigenvalue weighted by Crippen LogP contribution is 2.27. The summed E-state index contributed by atoms with van der Waals surface area (Å²) in [5.41, 5.74) is 0. The van der Waals surface area contributed by atoms with E-state index in [4.69, 9.17) is 4.74 Å². The van der Waals surface area contributed by atoms with Gasteiger partial charge in [0, 0.05) is 13.1 Å². The number of rotatable bonds is 4. The lowest BCUT2D eigenvalue weighted by Crippen LogP contribution is -2.37. The summed E-state index contributed by atoms with van der Waals surface area (Å²) in [4.78, 5) is -0.00865. The molecule has 0 bridgehead atoms. The zero-order chi connectivity index (χ0) is 15.6. The Balaban J connectivity index is 2.22. The third-order valence-corrected chi connectivity index (χ3v) is 5.54. The molecular weight excluding hydrogens is 293 g/mol. The average molecular weight is 315 g/mol. The third-order valence-electron chi connectivity index (χ3n) is 3.65. The first-order valence-corrected chi connectivity index (χ1v) is 8.71. The van der Waals surface area contributed by atoms with Gasteiger partial charge in [0.05, 0.1) is 11.0 Å². The summed E-state index contributed by atoms with van der Waals surface area (Å²) in [6.07, 6.45) is 1.53. The highest BCUT2D eigenvalue weighted by Gasteiger charge is 2.28. The van der Waals surface area contributed by atoms with E-state index < -0.39 is 15.8 Å². The number of sulfonamides is 1. The first kappa shape index (κ1) is 16.2. The van der Waals surface area contributed by atoms with E-state index in [9.17, 15) is 12.8 Å². The minimum absolute atomic E-state index is 0.00865. The van der Waals surface area contributed by atoms with Crippen LogP contribution >= 0.6 is 0 Å². The summed E-state index contributed by atoms with van der Waals surface area (Å²) in [6, 6.07) is 3.84. The number of piperidine rings is 1. The molecular formula is C15H22FNO3S. The van der Waals surface area contributed by atoms with Gasteiger partial charge in [0.15, 0.2) is 11.6 Å². The van der Waals surface area contributed by atoms with Gasteiger partial charge in [-0.25, -0.2) is 12.8 Å². The Morgan fingerprint density at radius 3 is 2.43 bits per heavy atom. The lowest BCUT2D eigenvalue weighted by molar-refractivity contribution is 0.231. The van der Waals surface area contributed by atoms with E-state index >= 15 is 0 Å². The van der Waals surface area contributed by atoms with Crippen molar-refractivity contribution in [2.24, 2.45) is 5.92 Å². The van der Waals surface area contributed by atoms with Crippen LogP contribution in [0.25, 0.3) is 0 Å². The molecule has 0 amide bonds. The molecule has 0 saturated carbocycles. The summed E-state index contributed by atoms with van der Waals surface area (Å²) < 4.78 is 45.7. The molecule has 1 heterocycles. The summed E-state index contributed by atoms with van der Waals surface area (Å²) in [5.74, 6) is -0.0265. The molecule has 0 spiro atoms. The Labute approximate surface area is 126 Å². The molecule has 2 rings (SSSR count). The predicted molar refractivity (Wildman–Crippen MR) is 79.3 cm³/mol. The molecule has 1 aromatic rings. The predicted octanol–water partition coefficient (Wildman–Crippen LogP) is 3.03. The van der Waals surface area contributed by atoms with Gasteiger partial charge in [-0.1, -0.05) is 6.92 Å². The Hall–Kier alpha value is -1.14. The van der Waals surface area contributed by atoms with Crippen LogP contribution in [-0.2, 0) is 10.0 Å². The second kappa shape index (κ2) is 6.32. The molecule has 1 fully saturated rings. The van der Waals surface area contributed by atoms with Crippen molar-refractivity contribution in [3.63, 3.8) is 0 Å². The maximum atomic E-state index is 14.0. The highest BCUT2D eigenvalue weighted by atomic mass is 32.2. The largest absolute Gasteiger partial charge is 0.488 e. The summed E-state index contributed by atoms with van der Waals surface area (Å²) in [7, 11) is -3.62. The third kappa shape index (κ3) is 3.74. The lowest BCUT2D eigenvalue weighted by atomic mass is 10.0. The molecule has 118 valence electrons. The SMILES string of the molecule is CC1CCN(S(=O)(=O)c2ccc(OC(C)C)c(F)c2)CC1. The summed E-state index contributed by atoms with van der Waals surface area (Å²) >= 11 is 0. The molecule has 0 aromatic heterocycles. The van der Waals surface area contributed by atoms with Crippen molar-refractivity contribution in [3.8, 4) is 5.75 Å². The quantitative estimate of drug-likeness (QED) is 0.858. The molecule has 1 aromatic carbocycles. The van der Waals surface area contributed by atoms with Crippen LogP contribution in [0.1, 0.15) is 33.6 Å². The van der Waals surface area contributed by atoms with Crippen molar-refractivity contribution in [1.29, 1.82) is 0 Å². The maximum absolute atomic E-state index is 14.0. The van der Waals surface area contributed by atoms with Crippen LogP contribution in [-0.4, -0.2) is 31.9 Å². The van der Waals surface area contributed by atoms with Gasteiger partial charge in [0.1, 0.15) is 0 Å². The molecule has 0 N–H and O–H groups in total. The molecule has 21 heavy (non-hydrogen) atoms. The fraction of sp³-hybridized carbons (Fsp3) is 0.600. The van der Waals surface area contributed by atoms with Crippen LogP contribution in [0.3, 0.4) is 0 Å². The average Bonchev–Trinajstić information content (AvgIpc) is 2.41. The van der Waals surface area contributed by atoms with Gasteiger partial charge in [0.25, 0.3) is 0 Å². The number of hydrogen-bond acceptors (Lipinski definition) is 3. The smallest absolute Gasteiger partial charge is 0.243 e. The van der Waals surface area contributed by atoms with E-state index in [1.807, 2.05) is 0 Å². The van der Waals surface area contributed by atoms with Gasteiger partial charge in [0.2, 0.25) is 10.0 Å². The second-order valence-corrected chi connectivity index (χ2v) is 7.78. The first-order chi connectivity index (χ1) is 9.80. The molecule has 1 aliphatic rings. The van der Waals surface area contributed by atoms with Crippen molar-refractivity contribution in [2.45, 2.75) is 44.6 Å². The lowest BCUT2D eigenvalue weighted by Gasteiger charge is -2.29. The Morgan fingerprint density at radius 1 is 1.29 bits per heavy atom. The maximum Gasteiger partial charge on any atom is 0.243 e. The molecule has 0 unspecified atom stereocenters. The van der Waals surface area contributed by atoms with Crippen molar-refractivity contribution in [2.75, 3.05) is 13.1 Å². The van der Waals surface area contributed by atoms with E-state index in [-0.39, 0.29) is 16.7 Å². The van der Waals surface area contributed by atoms with Crippen molar-refractivity contribution >= 4 is 10.0 Å². The van der Waals surface area contributed by atoms with Gasteiger partial charge in [-0.3, -0.25) is 0 Å². The minimum atomic E-state index is -3.62. The molecule has 1 aliphatic heterocycles. The van der Waals surface area contributed by atoms with Crippen LogP contribution in [0, 0.1) is 11.7 Å². The van der Waals surface area contributed by atoms with Crippen LogP contribution in [0.5, 0.6) is 5.75 Å². The molecule has 6 heteroatoms. The Kier molecular flexibility index (Phi) is 4.88. The van der Waals surface area contributed by atoms with Crippen molar-refractivity contribution < 1.29 is 17.5 Å². The molecule has 0 atom stereocenters. The van der Waals surface area contributed by atoms with Gasteiger partial charge in [-0.15, -0.1) is 0 Å². The van der Waals surface area contributed by atoms with Gasteiger partial charge in [-0.05, 0) is 50.8 Å². The Bertz CT molecular complexity index is 593. The standard InChI is InChI=1S/C15H22FNO3S/c1-11(2)20-15-5-4-13(10-14(15)16)21(18,19)17-8-6-12(3)7-9-17/h4-5,10-12H,6-9H2,1-3H3. The van der Waals surface area contributed by atoms with Crippen LogP contribution < -0.4 is 4.74 Å². The van der Waals surface area contributed by atoms with E-state index in [1.165, 1.54) is 16.4 Å². The number of benzene rings is 1. The molecule has 4 nitrogen and oxygen atoms in total. The molecule has 0 aliphatic carbocycles. The highest BCUT2D eigenvalue weighted by molar-refractivity contribution is 7.89. The number of halogens is 1. The molecule has 0 radical (unpaired) electrons. The van der Waals surface area contributed by atoms with Gasteiger partial charge >= 0.3 is 0 Å². The van der Waals surface area contributed by atoms with Crippen LogP contribution in [0.15, 0.2) is 23.1 Å². The van der Waals surface area contributed by atoms with Gasteiger partial charge in [-0.2, -0.15) is 4.31 Å². The number of nitrogens with zero attached hydrogens (tertiary/aromatic N) is 1. The second-order valence-electron chi connectivity index (χ2n) is 5.85. The van der Waals surface area contributed by atoms with E-state index in [0.29, 0.717) is 19.0 Å². The zero-order valence-electron chi connectivity index (χ0n) is 12.7. The number of hydrogen-bond donors (Lipinski definition) is 0. The van der Waals surface area contributed by atoms with E-state index in [0.717, 1.165) is 18.9 Å². The van der Waals surface area contributed by atoms with Crippen molar-refractivity contribution in [1.82, 2.24) is 4.31 Å². The number of ether oxygens (including phenoxy) is 1. The van der Waals surface area contributed by atoms with Crippen LogP contribution in [0.2, 0.25) is 0 Å². The zero-order valence-corrected chi connectivity index (χ0v) is 13.5. The fourth-order valence-corrected chi connectivity index (χ4v) is 3.85. The first-order valence-electron chi connectivity index (χ1n) is 7.27. The summed E-state index contributed by atoms with van der Waals surface area (Å²) in [6.45, 7) is 6.68. The van der Waals surface area contributed by atoms with Crippen molar-refractivity contribution in [3.05, 3.63) is 24.0 Å². The summed E-state index contributed by atoms with van der Waals surface area (Å²) in [5, 5.41) is 0.